The van der Waals surface area contributed by atoms with Crippen molar-refractivity contribution in [2.24, 2.45) is 0 Å². The lowest BCUT2D eigenvalue weighted by Crippen LogP contribution is -1.73. The van der Waals surface area contributed by atoms with Crippen molar-refractivity contribution in [2.45, 2.75) is 34.6 Å². The Morgan fingerprint density at radius 3 is 1.12 bits per heavy atom. The van der Waals surface area contributed by atoms with Crippen LogP contribution in [-0.4, -0.2) is 0 Å². The quantitative estimate of drug-likeness (QED) is 0.306. The molecule has 25 heavy (non-hydrogen) atoms. The van der Waals surface area contributed by atoms with E-state index < -0.39 is 0 Å². The Bertz CT molecular complexity index is 794. The summed E-state index contributed by atoms with van der Waals surface area (Å²) in [6.07, 6.45) is 0. The molecule has 0 aliphatic rings. The number of rotatable bonds is 0. The minimum absolute atomic E-state index is 1.31. The molecular formula is C25H30. The molecule has 0 aliphatic carbocycles. The van der Waals surface area contributed by atoms with E-state index in [2.05, 4.69) is 97.9 Å². The van der Waals surface area contributed by atoms with Crippen molar-refractivity contribution < 1.29 is 0 Å². The maximum absolute atomic E-state index is 2.20. The first-order valence-corrected chi connectivity index (χ1v) is 9.22. The molecule has 0 saturated carbocycles. The molecule has 4 rings (SSSR count). The van der Waals surface area contributed by atoms with Crippen LogP contribution in [0.3, 0.4) is 0 Å². The molecule has 0 aliphatic heterocycles. The van der Waals surface area contributed by atoms with Crippen molar-refractivity contribution in [1.82, 2.24) is 0 Å². The summed E-state index contributed by atoms with van der Waals surface area (Å²) in [6, 6.07) is 31.6. The maximum Gasteiger partial charge on any atom is -0.0181 e. The normalized spacial score (nSPS) is 9.00. The second kappa shape index (κ2) is 11.9. The smallest absolute Gasteiger partial charge is 0.0181 e. The molecule has 0 radical (unpaired) electrons. The summed E-state index contributed by atoms with van der Waals surface area (Å²) in [5, 5.41) is 5.26. The highest BCUT2D eigenvalue weighted by Crippen LogP contribution is 2.14. The summed E-state index contributed by atoms with van der Waals surface area (Å²) in [5.74, 6) is 0. The van der Waals surface area contributed by atoms with Crippen LogP contribution in [0.4, 0.5) is 0 Å². The summed E-state index contributed by atoms with van der Waals surface area (Å²) in [6.45, 7) is 10.1. The Balaban J connectivity index is 0.000000210. The van der Waals surface area contributed by atoms with Crippen LogP contribution in [-0.2, 0) is 0 Å². The van der Waals surface area contributed by atoms with Gasteiger partial charge in [-0.2, -0.15) is 0 Å². The van der Waals surface area contributed by atoms with E-state index in [-0.39, 0.29) is 0 Å². The topological polar surface area (TPSA) is 0 Å². The molecule has 0 nitrogen and oxygen atoms in total. The minimum atomic E-state index is 1.31. The molecule has 0 N–H and O–H groups in total. The van der Waals surface area contributed by atoms with E-state index >= 15 is 0 Å². The molecule has 0 bridgehead atoms. The third-order valence-corrected chi connectivity index (χ3v) is 3.56. The standard InChI is InChI=1S/C11H10.C10H8.2C2H6/c1-9-6-7-10-4-2-3-5-11(10)8-9;1-2-6-10-8-4-3-7-9(10)5-1;2*1-2/h2-8H,1H3;1-8H;2*1-2H3. The SMILES string of the molecule is CC.CC.Cc1ccc2ccccc2c1.c1ccc2ccccc2c1. The Morgan fingerprint density at radius 2 is 0.720 bits per heavy atom. The number of benzene rings is 4. The van der Waals surface area contributed by atoms with E-state index in [0.717, 1.165) is 0 Å². The van der Waals surface area contributed by atoms with Crippen molar-refractivity contribution in [3.63, 3.8) is 0 Å². The van der Waals surface area contributed by atoms with Gasteiger partial charge in [0.2, 0.25) is 0 Å². The maximum atomic E-state index is 2.20. The van der Waals surface area contributed by atoms with Crippen LogP contribution in [0.1, 0.15) is 33.3 Å². The van der Waals surface area contributed by atoms with Gasteiger partial charge >= 0.3 is 0 Å². The molecule has 0 fully saturated rings. The van der Waals surface area contributed by atoms with Crippen molar-refractivity contribution in [3.8, 4) is 0 Å². The number of fused-ring (bicyclic) bond motifs is 2. The molecule has 0 heterocycles. The highest BCUT2D eigenvalue weighted by molar-refractivity contribution is 5.83. The predicted octanol–water partition coefficient (Wildman–Crippen LogP) is 8.04. The minimum Gasteiger partial charge on any atom is -0.0683 e. The lowest BCUT2D eigenvalue weighted by atomic mass is 10.1. The van der Waals surface area contributed by atoms with Gasteiger partial charge in [0, 0.05) is 0 Å². The van der Waals surface area contributed by atoms with E-state index in [1.807, 2.05) is 27.7 Å². The molecule has 0 heteroatoms. The summed E-state index contributed by atoms with van der Waals surface area (Å²) in [7, 11) is 0. The molecule has 4 aromatic carbocycles. The number of hydrogen-bond acceptors (Lipinski definition) is 0. The summed E-state index contributed by atoms with van der Waals surface area (Å²) in [4.78, 5) is 0. The molecule has 0 unspecified atom stereocenters. The van der Waals surface area contributed by atoms with E-state index in [4.69, 9.17) is 0 Å². The fourth-order valence-electron chi connectivity index (χ4n) is 2.44. The van der Waals surface area contributed by atoms with Gasteiger partial charge in [0.1, 0.15) is 0 Å². The zero-order chi connectivity index (χ0) is 18.5. The predicted molar refractivity (Wildman–Crippen MR) is 115 cm³/mol. The van der Waals surface area contributed by atoms with E-state index in [1.54, 1.807) is 0 Å². The van der Waals surface area contributed by atoms with Gasteiger partial charge < -0.3 is 0 Å². The Kier molecular flexibility index (Phi) is 9.70. The van der Waals surface area contributed by atoms with Crippen molar-refractivity contribution in [1.29, 1.82) is 0 Å². The van der Waals surface area contributed by atoms with Crippen molar-refractivity contribution >= 4 is 21.5 Å². The first-order valence-electron chi connectivity index (χ1n) is 9.22. The third kappa shape index (κ3) is 6.43. The first-order chi connectivity index (χ1) is 12.3. The molecular weight excluding hydrogens is 300 g/mol. The van der Waals surface area contributed by atoms with Gasteiger partial charge in [-0.25, -0.2) is 0 Å². The van der Waals surface area contributed by atoms with Crippen LogP contribution in [0.5, 0.6) is 0 Å². The number of aryl methyl sites for hydroxylation is 1. The average molecular weight is 331 g/mol. The molecule has 130 valence electrons. The highest BCUT2D eigenvalue weighted by atomic mass is 13.9. The Hall–Kier alpha value is -2.60. The highest BCUT2D eigenvalue weighted by Gasteiger charge is 1.89. The fourth-order valence-corrected chi connectivity index (χ4v) is 2.44. The largest absolute Gasteiger partial charge is 0.0683 e. The molecule has 0 amide bonds. The zero-order valence-corrected chi connectivity index (χ0v) is 16.2. The zero-order valence-electron chi connectivity index (χ0n) is 16.2. The van der Waals surface area contributed by atoms with Crippen LogP contribution in [0.2, 0.25) is 0 Å². The molecule has 0 aromatic heterocycles. The number of hydrogen-bond donors (Lipinski definition) is 0. The van der Waals surface area contributed by atoms with Gasteiger partial charge in [0.15, 0.2) is 0 Å². The van der Waals surface area contributed by atoms with Crippen LogP contribution < -0.4 is 0 Å². The van der Waals surface area contributed by atoms with E-state index in [0.29, 0.717) is 0 Å². The van der Waals surface area contributed by atoms with Gasteiger partial charge in [-0.1, -0.05) is 124 Å². The second-order valence-corrected chi connectivity index (χ2v) is 5.20. The van der Waals surface area contributed by atoms with Crippen LogP contribution in [0.25, 0.3) is 21.5 Å². The Labute approximate surface area is 153 Å². The van der Waals surface area contributed by atoms with Crippen molar-refractivity contribution in [3.05, 3.63) is 96.6 Å². The summed E-state index contributed by atoms with van der Waals surface area (Å²) >= 11 is 0. The van der Waals surface area contributed by atoms with Gasteiger partial charge in [-0.15, -0.1) is 0 Å². The van der Waals surface area contributed by atoms with Crippen LogP contribution >= 0.6 is 0 Å². The monoisotopic (exact) mass is 330 g/mol. The molecule has 0 spiro atoms. The van der Waals surface area contributed by atoms with Crippen LogP contribution in [0.15, 0.2) is 91.0 Å². The van der Waals surface area contributed by atoms with Crippen LogP contribution in [0, 0.1) is 6.92 Å². The summed E-state index contributed by atoms with van der Waals surface area (Å²) in [5.41, 5.74) is 1.32. The van der Waals surface area contributed by atoms with Gasteiger partial charge in [-0.05, 0) is 28.5 Å². The van der Waals surface area contributed by atoms with E-state index in [1.165, 1.54) is 27.1 Å². The fraction of sp³-hybridized carbons (Fsp3) is 0.200. The second-order valence-electron chi connectivity index (χ2n) is 5.20. The third-order valence-electron chi connectivity index (χ3n) is 3.56. The van der Waals surface area contributed by atoms with E-state index in [9.17, 15) is 0 Å². The van der Waals surface area contributed by atoms with Gasteiger partial charge in [-0.3, -0.25) is 0 Å². The lowest BCUT2D eigenvalue weighted by Gasteiger charge is -1.96. The first kappa shape index (κ1) is 20.4. The van der Waals surface area contributed by atoms with Gasteiger partial charge in [0.25, 0.3) is 0 Å². The molecule has 4 aromatic rings. The molecule has 0 atom stereocenters. The average Bonchev–Trinajstić information content (AvgIpc) is 2.71. The summed E-state index contributed by atoms with van der Waals surface area (Å²) < 4.78 is 0. The van der Waals surface area contributed by atoms with Gasteiger partial charge in [0.05, 0.1) is 0 Å². The van der Waals surface area contributed by atoms with Crippen molar-refractivity contribution in [2.75, 3.05) is 0 Å². The molecule has 0 saturated heterocycles. The Morgan fingerprint density at radius 1 is 0.400 bits per heavy atom. The lowest BCUT2D eigenvalue weighted by molar-refractivity contribution is 1.50.